The van der Waals surface area contributed by atoms with Gasteiger partial charge < -0.3 is 19.9 Å². The van der Waals surface area contributed by atoms with Gasteiger partial charge >= 0.3 is 0 Å². The lowest BCUT2D eigenvalue weighted by molar-refractivity contribution is -0.134. The van der Waals surface area contributed by atoms with Gasteiger partial charge in [0.15, 0.2) is 12.4 Å². The predicted octanol–water partition coefficient (Wildman–Crippen LogP) is 2.17. The summed E-state index contributed by atoms with van der Waals surface area (Å²) in [6.07, 6.45) is 2.44. The number of hydrogen-bond acceptors (Lipinski definition) is 6. The molecule has 0 bridgehead atoms. The van der Waals surface area contributed by atoms with Crippen LogP contribution in [0.15, 0.2) is 30.3 Å². The third kappa shape index (κ3) is 4.08. The molecule has 0 spiro atoms. The van der Waals surface area contributed by atoms with E-state index in [1.165, 1.54) is 0 Å². The Kier molecular flexibility index (Phi) is 5.83. The maximum atomic E-state index is 12.8. The molecule has 1 aromatic heterocycles. The highest BCUT2D eigenvalue weighted by Crippen LogP contribution is 2.33. The van der Waals surface area contributed by atoms with Gasteiger partial charge in [-0.3, -0.25) is 9.59 Å². The van der Waals surface area contributed by atoms with E-state index < -0.39 is 0 Å². The number of likely N-dealkylation sites (tertiary alicyclic amines) is 1. The fourth-order valence-corrected chi connectivity index (χ4v) is 4.14. The fraction of sp³-hybridized carbons (Fsp3) is 0.455. The average Bonchev–Trinajstić information content (AvgIpc) is 3.27. The first kappa shape index (κ1) is 20.1. The minimum Gasteiger partial charge on any atom is -0.484 e. The summed E-state index contributed by atoms with van der Waals surface area (Å²) in [4.78, 5) is 37.8. The van der Waals surface area contributed by atoms with Gasteiger partial charge in [-0.05, 0) is 25.0 Å². The number of carbonyl (C=O) groups excluding carboxylic acids is 2. The first-order valence-corrected chi connectivity index (χ1v) is 10.4. The second-order valence-corrected chi connectivity index (χ2v) is 7.64. The lowest BCUT2D eigenvalue weighted by atomic mass is 10.0. The van der Waals surface area contributed by atoms with Crippen LogP contribution in [0.1, 0.15) is 42.9 Å². The summed E-state index contributed by atoms with van der Waals surface area (Å²) < 4.78 is 5.65. The second-order valence-electron chi connectivity index (χ2n) is 7.64. The van der Waals surface area contributed by atoms with Gasteiger partial charge in [0, 0.05) is 39.0 Å². The molecular formula is C22H27N5O3. The molecule has 0 unspecified atom stereocenters. The van der Waals surface area contributed by atoms with E-state index in [0.29, 0.717) is 37.6 Å². The zero-order valence-corrected chi connectivity index (χ0v) is 17.4. The zero-order chi connectivity index (χ0) is 21.1. The molecule has 0 saturated carbocycles. The van der Waals surface area contributed by atoms with Gasteiger partial charge in [-0.15, -0.1) is 0 Å². The van der Waals surface area contributed by atoms with Crippen molar-refractivity contribution in [2.75, 3.05) is 32.1 Å². The maximum absolute atomic E-state index is 12.8. The standard InChI is InChI=1S/C22H27N5O3/c1-15(28)26-12-10-18-17(13-26)21(23-2)25-22(24-18)19-9-6-11-27(19)20(29)14-30-16-7-4-3-5-8-16/h3-5,7-8,19H,6,9-14H2,1-2H3,(H,23,24,25)/t19-/m1/s1. The number of aromatic nitrogens is 2. The summed E-state index contributed by atoms with van der Waals surface area (Å²) in [5, 5.41) is 3.15. The van der Waals surface area contributed by atoms with E-state index in [9.17, 15) is 9.59 Å². The molecule has 2 aromatic rings. The van der Waals surface area contributed by atoms with Crippen LogP contribution in [-0.2, 0) is 22.6 Å². The Morgan fingerprint density at radius 2 is 2.00 bits per heavy atom. The number of ether oxygens (including phenoxy) is 1. The van der Waals surface area contributed by atoms with Gasteiger partial charge in [0.2, 0.25) is 5.91 Å². The zero-order valence-electron chi connectivity index (χ0n) is 17.4. The van der Waals surface area contributed by atoms with E-state index >= 15 is 0 Å². The minimum atomic E-state index is -0.153. The summed E-state index contributed by atoms with van der Waals surface area (Å²) in [5.74, 6) is 2.08. The summed E-state index contributed by atoms with van der Waals surface area (Å²) in [5.41, 5.74) is 1.92. The topological polar surface area (TPSA) is 87.7 Å². The van der Waals surface area contributed by atoms with Crippen LogP contribution in [0.3, 0.4) is 0 Å². The molecule has 4 rings (SSSR count). The van der Waals surface area contributed by atoms with Crippen molar-refractivity contribution in [3.05, 3.63) is 47.4 Å². The van der Waals surface area contributed by atoms with Crippen molar-refractivity contribution < 1.29 is 14.3 Å². The Morgan fingerprint density at radius 3 is 2.73 bits per heavy atom. The van der Waals surface area contributed by atoms with Gasteiger partial charge in [0.25, 0.3) is 5.91 Å². The smallest absolute Gasteiger partial charge is 0.261 e. The number of para-hydroxylation sites is 1. The third-order valence-corrected chi connectivity index (χ3v) is 5.74. The van der Waals surface area contributed by atoms with E-state index in [1.54, 1.807) is 11.8 Å². The van der Waals surface area contributed by atoms with Crippen LogP contribution >= 0.6 is 0 Å². The molecule has 1 aromatic carbocycles. The van der Waals surface area contributed by atoms with Crippen molar-refractivity contribution >= 4 is 17.6 Å². The maximum Gasteiger partial charge on any atom is 0.261 e. The second kappa shape index (κ2) is 8.69. The average molecular weight is 409 g/mol. The van der Waals surface area contributed by atoms with Gasteiger partial charge in [0.1, 0.15) is 11.6 Å². The van der Waals surface area contributed by atoms with Gasteiger partial charge in [-0.25, -0.2) is 9.97 Å². The highest BCUT2D eigenvalue weighted by Gasteiger charge is 2.34. The third-order valence-electron chi connectivity index (χ3n) is 5.74. The number of nitrogens with one attached hydrogen (secondary N) is 1. The number of carbonyl (C=O) groups is 2. The van der Waals surface area contributed by atoms with Crippen LogP contribution < -0.4 is 10.1 Å². The Labute approximate surface area is 176 Å². The summed E-state index contributed by atoms with van der Waals surface area (Å²) in [6.45, 7) is 3.42. The molecule has 2 aliphatic rings. The van der Waals surface area contributed by atoms with E-state index in [-0.39, 0.29) is 24.5 Å². The lowest BCUT2D eigenvalue weighted by Crippen LogP contribution is -2.37. The minimum absolute atomic E-state index is 0.00207. The number of rotatable bonds is 5. The van der Waals surface area contributed by atoms with Crippen molar-refractivity contribution in [3.8, 4) is 5.75 Å². The number of nitrogens with zero attached hydrogens (tertiary/aromatic N) is 4. The number of hydrogen-bond donors (Lipinski definition) is 1. The predicted molar refractivity (Wildman–Crippen MR) is 112 cm³/mol. The van der Waals surface area contributed by atoms with Crippen molar-refractivity contribution in [2.45, 2.75) is 38.8 Å². The molecule has 2 aliphatic heterocycles. The Balaban J connectivity index is 1.52. The number of benzene rings is 1. The summed E-state index contributed by atoms with van der Waals surface area (Å²) >= 11 is 0. The van der Waals surface area contributed by atoms with Crippen molar-refractivity contribution in [1.82, 2.24) is 19.8 Å². The Hall–Kier alpha value is -3.16. The van der Waals surface area contributed by atoms with Crippen LogP contribution in [0.4, 0.5) is 5.82 Å². The van der Waals surface area contributed by atoms with Gasteiger partial charge in [-0.1, -0.05) is 18.2 Å². The number of anilines is 1. The fourth-order valence-electron chi connectivity index (χ4n) is 4.14. The van der Waals surface area contributed by atoms with Crippen molar-refractivity contribution in [1.29, 1.82) is 0 Å². The SMILES string of the molecule is CNc1nc([C@H]2CCCN2C(=O)COc2ccccc2)nc2c1CN(C(C)=O)CC2. The first-order valence-electron chi connectivity index (χ1n) is 10.4. The van der Waals surface area contributed by atoms with Crippen LogP contribution in [0, 0.1) is 0 Å². The molecule has 1 N–H and O–H groups in total. The van der Waals surface area contributed by atoms with Gasteiger partial charge in [-0.2, -0.15) is 0 Å². The molecule has 0 radical (unpaired) electrons. The van der Waals surface area contributed by atoms with Crippen LogP contribution in [-0.4, -0.2) is 58.3 Å². The largest absolute Gasteiger partial charge is 0.484 e. The molecule has 30 heavy (non-hydrogen) atoms. The highest BCUT2D eigenvalue weighted by molar-refractivity contribution is 5.78. The number of amides is 2. The quantitative estimate of drug-likeness (QED) is 0.814. The highest BCUT2D eigenvalue weighted by atomic mass is 16.5. The molecule has 2 amide bonds. The molecule has 1 fully saturated rings. The molecule has 3 heterocycles. The molecule has 1 saturated heterocycles. The van der Waals surface area contributed by atoms with Gasteiger partial charge in [0.05, 0.1) is 18.3 Å². The molecular weight excluding hydrogens is 382 g/mol. The normalized spacial score (nSPS) is 18.1. The van der Waals surface area contributed by atoms with E-state index in [2.05, 4.69) is 5.32 Å². The Bertz CT molecular complexity index is 917. The molecule has 158 valence electrons. The van der Waals surface area contributed by atoms with E-state index in [4.69, 9.17) is 14.7 Å². The van der Waals surface area contributed by atoms with Crippen molar-refractivity contribution in [2.24, 2.45) is 0 Å². The Morgan fingerprint density at radius 1 is 1.20 bits per heavy atom. The molecule has 0 aliphatic carbocycles. The van der Waals surface area contributed by atoms with Crippen LogP contribution in [0.5, 0.6) is 5.75 Å². The summed E-state index contributed by atoms with van der Waals surface area (Å²) in [7, 11) is 1.82. The monoisotopic (exact) mass is 409 g/mol. The van der Waals surface area contributed by atoms with E-state index in [0.717, 1.165) is 29.9 Å². The van der Waals surface area contributed by atoms with Crippen LogP contribution in [0.25, 0.3) is 0 Å². The molecule has 8 heteroatoms. The number of fused-ring (bicyclic) bond motifs is 1. The molecule has 8 nitrogen and oxygen atoms in total. The molecule has 1 atom stereocenters. The first-order chi connectivity index (χ1) is 14.6. The summed E-state index contributed by atoms with van der Waals surface area (Å²) in [6, 6.07) is 9.20. The van der Waals surface area contributed by atoms with Crippen molar-refractivity contribution in [3.63, 3.8) is 0 Å². The van der Waals surface area contributed by atoms with Crippen LogP contribution in [0.2, 0.25) is 0 Å². The lowest BCUT2D eigenvalue weighted by Gasteiger charge is -2.30. The van der Waals surface area contributed by atoms with E-state index in [1.807, 2.05) is 42.3 Å².